The topological polar surface area (TPSA) is 64.3 Å². The highest BCUT2D eigenvalue weighted by atomic mass is 16.5. The molecular weight excluding hydrogens is 204 g/mol. The number of carbonyl (C=O) groups is 1. The van der Waals surface area contributed by atoms with E-state index in [1.807, 2.05) is 6.92 Å². The van der Waals surface area contributed by atoms with E-state index in [9.17, 15) is 4.79 Å². The largest absolute Gasteiger partial charge is 0.385 e. The Hall–Kier alpha value is -0.610. The molecule has 4 heteroatoms. The van der Waals surface area contributed by atoms with E-state index < -0.39 is 0 Å². The molecule has 0 bridgehead atoms. The first-order valence-corrected chi connectivity index (χ1v) is 6.09. The van der Waals surface area contributed by atoms with Gasteiger partial charge in [0.15, 0.2) is 0 Å². The van der Waals surface area contributed by atoms with Crippen LogP contribution in [0.15, 0.2) is 0 Å². The highest BCUT2D eigenvalue weighted by Crippen LogP contribution is 2.48. The minimum atomic E-state index is 0.106. The molecule has 0 aromatic carbocycles. The van der Waals surface area contributed by atoms with E-state index in [4.69, 9.17) is 10.5 Å². The molecule has 1 aliphatic rings. The van der Waals surface area contributed by atoms with Gasteiger partial charge in [0.25, 0.3) is 0 Å². The third kappa shape index (κ3) is 4.94. The second kappa shape index (κ2) is 6.21. The van der Waals surface area contributed by atoms with Gasteiger partial charge in [-0.2, -0.15) is 0 Å². The highest BCUT2D eigenvalue weighted by molar-refractivity contribution is 5.75. The van der Waals surface area contributed by atoms with Crippen LogP contribution in [0.25, 0.3) is 0 Å². The van der Waals surface area contributed by atoms with E-state index in [0.717, 1.165) is 26.0 Å². The number of hydrogen-bond donors (Lipinski definition) is 2. The molecule has 1 unspecified atom stereocenters. The Bertz CT molecular complexity index is 225. The number of nitrogens with two attached hydrogens (primary N) is 1. The van der Waals surface area contributed by atoms with Crippen molar-refractivity contribution in [3.05, 3.63) is 0 Å². The molecule has 1 saturated carbocycles. The van der Waals surface area contributed by atoms with Crippen molar-refractivity contribution >= 4 is 5.91 Å². The Balaban J connectivity index is 2.11. The van der Waals surface area contributed by atoms with E-state index in [-0.39, 0.29) is 11.9 Å². The maximum atomic E-state index is 11.5. The zero-order valence-electron chi connectivity index (χ0n) is 10.4. The fourth-order valence-electron chi connectivity index (χ4n) is 1.74. The molecule has 4 nitrogen and oxygen atoms in total. The van der Waals surface area contributed by atoms with E-state index in [2.05, 4.69) is 5.32 Å². The number of hydrogen-bond acceptors (Lipinski definition) is 3. The van der Waals surface area contributed by atoms with E-state index in [1.54, 1.807) is 7.11 Å². The van der Waals surface area contributed by atoms with Gasteiger partial charge in [0.2, 0.25) is 5.91 Å². The Labute approximate surface area is 97.9 Å². The molecule has 1 rings (SSSR count). The SMILES string of the molecule is COCCC1(CNC(=O)CCC(C)N)CC1. The predicted octanol–water partition coefficient (Wildman–Crippen LogP) is 1.05. The van der Waals surface area contributed by atoms with Crippen LogP contribution in [0.5, 0.6) is 0 Å². The molecular formula is C12H24N2O2. The zero-order chi connectivity index (χ0) is 12.0. The number of methoxy groups -OCH3 is 1. The number of rotatable bonds is 8. The summed E-state index contributed by atoms with van der Waals surface area (Å²) in [7, 11) is 1.72. The van der Waals surface area contributed by atoms with Crippen LogP contribution < -0.4 is 11.1 Å². The van der Waals surface area contributed by atoms with Crippen LogP contribution in [0, 0.1) is 5.41 Å². The quantitative estimate of drug-likeness (QED) is 0.652. The number of carbonyl (C=O) groups excluding carboxylic acids is 1. The van der Waals surface area contributed by atoms with Gasteiger partial charge in [0.05, 0.1) is 0 Å². The lowest BCUT2D eigenvalue weighted by Gasteiger charge is -2.15. The smallest absolute Gasteiger partial charge is 0.220 e. The van der Waals surface area contributed by atoms with E-state index in [0.29, 0.717) is 11.8 Å². The Morgan fingerprint density at radius 1 is 1.56 bits per heavy atom. The average Bonchev–Trinajstić information content (AvgIpc) is 3.01. The van der Waals surface area contributed by atoms with Crippen molar-refractivity contribution in [1.82, 2.24) is 5.32 Å². The molecule has 1 atom stereocenters. The molecule has 0 aromatic heterocycles. The van der Waals surface area contributed by atoms with Gasteiger partial charge in [-0.25, -0.2) is 0 Å². The van der Waals surface area contributed by atoms with Crippen molar-refractivity contribution in [2.24, 2.45) is 11.1 Å². The van der Waals surface area contributed by atoms with Crippen molar-refractivity contribution in [2.75, 3.05) is 20.3 Å². The van der Waals surface area contributed by atoms with Gasteiger partial charge in [0, 0.05) is 32.7 Å². The van der Waals surface area contributed by atoms with Crippen LogP contribution in [-0.4, -0.2) is 32.2 Å². The minimum Gasteiger partial charge on any atom is -0.385 e. The average molecular weight is 228 g/mol. The first kappa shape index (κ1) is 13.5. The van der Waals surface area contributed by atoms with Crippen LogP contribution in [0.2, 0.25) is 0 Å². The minimum absolute atomic E-state index is 0.106. The van der Waals surface area contributed by atoms with Crippen LogP contribution in [0.4, 0.5) is 0 Å². The van der Waals surface area contributed by atoms with Crippen LogP contribution in [0.3, 0.4) is 0 Å². The summed E-state index contributed by atoms with van der Waals surface area (Å²) >= 11 is 0. The van der Waals surface area contributed by atoms with Gasteiger partial charge in [-0.05, 0) is 38.0 Å². The molecule has 0 heterocycles. The Morgan fingerprint density at radius 3 is 2.75 bits per heavy atom. The molecule has 0 aromatic rings. The lowest BCUT2D eigenvalue weighted by atomic mass is 10.0. The highest BCUT2D eigenvalue weighted by Gasteiger charge is 2.41. The second-order valence-electron chi connectivity index (χ2n) is 5.04. The van der Waals surface area contributed by atoms with Crippen molar-refractivity contribution in [3.63, 3.8) is 0 Å². The standard InChI is InChI=1S/C12H24N2O2/c1-10(13)3-4-11(15)14-9-12(5-6-12)7-8-16-2/h10H,3-9,13H2,1-2H3,(H,14,15). The lowest BCUT2D eigenvalue weighted by molar-refractivity contribution is -0.121. The van der Waals surface area contributed by atoms with E-state index in [1.165, 1.54) is 12.8 Å². The number of ether oxygens (including phenoxy) is 1. The number of amides is 1. The molecule has 1 fully saturated rings. The summed E-state index contributed by atoms with van der Waals surface area (Å²) in [6, 6.07) is 0.106. The molecule has 1 amide bonds. The van der Waals surface area contributed by atoms with Gasteiger partial charge >= 0.3 is 0 Å². The molecule has 94 valence electrons. The van der Waals surface area contributed by atoms with Gasteiger partial charge in [-0.3, -0.25) is 4.79 Å². The van der Waals surface area contributed by atoms with Crippen molar-refractivity contribution < 1.29 is 9.53 Å². The summed E-state index contributed by atoms with van der Waals surface area (Å²) in [5.74, 6) is 0.126. The first-order chi connectivity index (χ1) is 7.58. The number of nitrogens with one attached hydrogen (secondary N) is 1. The Kier molecular flexibility index (Phi) is 5.22. The fraction of sp³-hybridized carbons (Fsp3) is 0.917. The molecule has 0 saturated heterocycles. The fourth-order valence-corrected chi connectivity index (χ4v) is 1.74. The van der Waals surface area contributed by atoms with Crippen LogP contribution in [-0.2, 0) is 9.53 Å². The second-order valence-corrected chi connectivity index (χ2v) is 5.04. The molecule has 0 aliphatic heterocycles. The normalized spacial score (nSPS) is 19.2. The summed E-state index contributed by atoms with van der Waals surface area (Å²) in [5.41, 5.74) is 5.94. The molecule has 3 N–H and O–H groups in total. The summed E-state index contributed by atoms with van der Waals surface area (Å²) in [4.78, 5) is 11.5. The van der Waals surface area contributed by atoms with Crippen molar-refractivity contribution in [3.8, 4) is 0 Å². The zero-order valence-corrected chi connectivity index (χ0v) is 10.4. The maximum absolute atomic E-state index is 11.5. The predicted molar refractivity (Wildman–Crippen MR) is 64.1 cm³/mol. The third-order valence-electron chi connectivity index (χ3n) is 3.28. The Morgan fingerprint density at radius 2 is 2.25 bits per heavy atom. The van der Waals surface area contributed by atoms with Gasteiger partial charge in [-0.15, -0.1) is 0 Å². The molecule has 1 aliphatic carbocycles. The maximum Gasteiger partial charge on any atom is 0.220 e. The van der Waals surface area contributed by atoms with Crippen molar-refractivity contribution in [2.45, 2.75) is 45.1 Å². The van der Waals surface area contributed by atoms with Crippen LogP contribution >= 0.6 is 0 Å². The van der Waals surface area contributed by atoms with Crippen LogP contribution in [0.1, 0.15) is 39.0 Å². The van der Waals surface area contributed by atoms with Gasteiger partial charge < -0.3 is 15.8 Å². The molecule has 16 heavy (non-hydrogen) atoms. The summed E-state index contributed by atoms with van der Waals surface area (Å²) < 4.78 is 5.07. The third-order valence-corrected chi connectivity index (χ3v) is 3.28. The van der Waals surface area contributed by atoms with Crippen molar-refractivity contribution in [1.29, 1.82) is 0 Å². The summed E-state index contributed by atoms with van der Waals surface area (Å²) in [6.07, 6.45) is 4.78. The molecule has 0 radical (unpaired) electrons. The van der Waals surface area contributed by atoms with Gasteiger partial charge in [0.1, 0.15) is 0 Å². The summed E-state index contributed by atoms with van der Waals surface area (Å²) in [6.45, 7) is 3.51. The molecule has 0 spiro atoms. The monoisotopic (exact) mass is 228 g/mol. The first-order valence-electron chi connectivity index (χ1n) is 6.09. The summed E-state index contributed by atoms with van der Waals surface area (Å²) in [5, 5.41) is 3.00. The van der Waals surface area contributed by atoms with E-state index >= 15 is 0 Å². The van der Waals surface area contributed by atoms with Gasteiger partial charge in [-0.1, -0.05) is 0 Å². The lowest BCUT2D eigenvalue weighted by Crippen LogP contribution is -2.31.